The van der Waals surface area contributed by atoms with Gasteiger partial charge in [-0.05, 0) is 38.1 Å². The fraction of sp³-hybridized carbons (Fsp3) is 0.647. The Morgan fingerprint density at radius 1 is 1.14 bits per heavy atom. The van der Waals surface area contributed by atoms with Gasteiger partial charge in [-0.25, -0.2) is 4.39 Å². The minimum Gasteiger partial charge on any atom is -0.306 e. The highest BCUT2D eigenvalue weighted by Crippen LogP contribution is 2.18. The molecule has 1 saturated heterocycles. The number of nitrogens with zero attached hydrogens (tertiary/aromatic N) is 2. The summed E-state index contributed by atoms with van der Waals surface area (Å²) in [5, 5.41) is 3.68. The second kappa shape index (κ2) is 7.87. The van der Waals surface area contributed by atoms with E-state index in [0.29, 0.717) is 12.1 Å². The Morgan fingerprint density at radius 3 is 2.33 bits per heavy atom. The first-order valence-electron chi connectivity index (χ1n) is 8.01. The molecule has 21 heavy (non-hydrogen) atoms. The van der Waals surface area contributed by atoms with Crippen LogP contribution >= 0.6 is 0 Å². The molecular formula is C17H28FN3. The van der Waals surface area contributed by atoms with Crippen LogP contribution in [0.25, 0.3) is 0 Å². The van der Waals surface area contributed by atoms with Gasteiger partial charge < -0.3 is 10.2 Å². The molecule has 4 heteroatoms. The normalized spacial score (nSPS) is 20.4. The Balaban J connectivity index is 1.84. The summed E-state index contributed by atoms with van der Waals surface area (Å²) in [6.07, 6.45) is 1.01. The van der Waals surface area contributed by atoms with E-state index in [0.717, 1.165) is 39.1 Å². The molecule has 3 nitrogen and oxygen atoms in total. The van der Waals surface area contributed by atoms with Crippen LogP contribution in [0.15, 0.2) is 24.3 Å². The molecule has 0 bridgehead atoms. The van der Waals surface area contributed by atoms with Gasteiger partial charge in [-0.1, -0.05) is 19.1 Å². The van der Waals surface area contributed by atoms with Gasteiger partial charge in [0.25, 0.3) is 0 Å². The van der Waals surface area contributed by atoms with Gasteiger partial charge in [-0.2, -0.15) is 0 Å². The Labute approximate surface area is 128 Å². The van der Waals surface area contributed by atoms with E-state index in [1.165, 1.54) is 5.56 Å². The molecule has 0 aromatic heterocycles. The average molecular weight is 293 g/mol. The molecule has 1 N–H and O–H groups in total. The molecule has 0 spiro atoms. The van der Waals surface area contributed by atoms with Crippen molar-refractivity contribution in [2.45, 2.75) is 32.4 Å². The minimum atomic E-state index is -0.168. The van der Waals surface area contributed by atoms with Crippen molar-refractivity contribution in [2.24, 2.45) is 0 Å². The van der Waals surface area contributed by atoms with Crippen LogP contribution in [0.5, 0.6) is 0 Å². The number of likely N-dealkylation sites (N-methyl/N-ethyl adjacent to an activating group) is 1. The lowest BCUT2D eigenvalue weighted by molar-refractivity contribution is 0.142. The smallest absolute Gasteiger partial charge is 0.123 e. The lowest BCUT2D eigenvalue weighted by Crippen LogP contribution is -2.49. The molecule has 0 unspecified atom stereocenters. The fourth-order valence-corrected chi connectivity index (χ4v) is 2.96. The number of nitrogens with one attached hydrogen (secondary N) is 1. The van der Waals surface area contributed by atoms with Gasteiger partial charge >= 0.3 is 0 Å². The topological polar surface area (TPSA) is 18.5 Å². The highest BCUT2D eigenvalue weighted by Gasteiger charge is 2.18. The van der Waals surface area contributed by atoms with Crippen molar-refractivity contribution in [3.8, 4) is 0 Å². The molecule has 0 amide bonds. The van der Waals surface area contributed by atoms with E-state index < -0.39 is 0 Å². The molecule has 1 aromatic carbocycles. The minimum absolute atomic E-state index is 0.168. The van der Waals surface area contributed by atoms with E-state index in [-0.39, 0.29) is 5.82 Å². The first-order chi connectivity index (χ1) is 10.1. The summed E-state index contributed by atoms with van der Waals surface area (Å²) in [5.41, 5.74) is 1.17. The van der Waals surface area contributed by atoms with Crippen LogP contribution in [-0.4, -0.2) is 55.6 Å². The van der Waals surface area contributed by atoms with E-state index in [2.05, 4.69) is 36.0 Å². The summed E-state index contributed by atoms with van der Waals surface area (Å²) in [6, 6.07) is 7.60. The molecule has 1 aromatic rings. The van der Waals surface area contributed by atoms with Gasteiger partial charge in [-0.15, -0.1) is 0 Å². The van der Waals surface area contributed by atoms with Crippen LogP contribution in [-0.2, 0) is 0 Å². The van der Waals surface area contributed by atoms with Gasteiger partial charge in [0.1, 0.15) is 5.82 Å². The molecule has 1 heterocycles. The quantitative estimate of drug-likeness (QED) is 0.869. The largest absolute Gasteiger partial charge is 0.306 e. The molecule has 0 saturated carbocycles. The third kappa shape index (κ3) is 5.06. The lowest BCUT2D eigenvalue weighted by Gasteiger charge is -2.35. The Bertz CT molecular complexity index is 413. The molecule has 0 radical (unpaired) electrons. The standard InChI is InChI=1S/C17H28FN3/c1-4-17(15-5-7-16(18)8-6-15)19-14(2)13-21-11-9-20(3)10-12-21/h5-8,14,17,19H,4,9-13H2,1-3H3/t14-,17-/m1/s1. The highest BCUT2D eigenvalue weighted by atomic mass is 19.1. The maximum Gasteiger partial charge on any atom is 0.123 e. The molecule has 118 valence electrons. The summed E-state index contributed by atoms with van der Waals surface area (Å²) in [5.74, 6) is -0.168. The molecule has 1 aliphatic rings. The van der Waals surface area contributed by atoms with Crippen molar-refractivity contribution in [3.05, 3.63) is 35.6 Å². The number of hydrogen-bond acceptors (Lipinski definition) is 3. The van der Waals surface area contributed by atoms with Crippen molar-refractivity contribution >= 4 is 0 Å². The summed E-state index contributed by atoms with van der Waals surface area (Å²) in [4.78, 5) is 4.90. The van der Waals surface area contributed by atoms with E-state index in [4.69, 9.17) is 0 Å². The summed E-state index contributed by atoms with van der Waals surface area (Å²) < 4.78 is 13.0. The van der Waals surface area contributed by atoms with Gasteiger partial charge in [-0.3, -0.25) is 4.90 Å². The lowest BCUT2D eigenvalue weighted by atomic mass is 10.0. The Morgan fingerprint density at radius 2 is 1.76 bits per heavy atom. The van der Waals surface area contributed by atoms with Crippen molar-refractivity contribution in [1.82, 2.24) is 15.1 Å². The van der Waals surface area contributed by atoms with Crippen LogP contribution in [0.2, 0.25) is 0 Å². The zero-order chi connectivity index (χ0) is 15.2. The maximum absolute atomic E-state index is 13.0. The highest BCUT2D eigenvalue weighted by molar-refractivity contribution is 5.19. The van der Waals surface area contributed by atoms with Gasteiger partial charge in [0.05, 0.1) is 0 Å². The van der Waals surface area contributed by atoms with E-state index in [9.17, 15) is 4.39 Å². The molecular weight excluding hydrogens is 265 g/mol. The van der Waals surface area contributed by atoms with Gasteiger partial charge in [0.2, 0.25) is 0 Å². The number of hydrogen-bond donors (Lipinski definition) is 1. The predicted octanol–water partition coefficient (Wildman–Crippen LogP) is 2.50. The van der Waals surface area contributed by atoms with Crippen LogP contribution in [0.1, 0.15) is 31.9 Å². The zero-order valence-corrected chi connectivity index (χ0v) is 13.5. The molecule has 0 aliphatic carbocycles. The number of benzene rings is 1. The first kappa shape index (κ1) is 16.4. The molecule has 1 aliphatic heterocycles. The second-order valence-electron chi connectivity index (χ2n) is 6.18. The van der Waals surface area contributed by atoms with E-state index in [1.807, 2.05) is 12.1 Å². The van der Waals surface area contributed by atoms with Gasteiger partial charge in [0, 0.05) is 44.8 Å². The second-order valence-corrected chi connectivity index (χ2v) is 6.18. The maximum atomic E-state index is 13.0. The summed E-state index contributed by atoms with van der Waals surface area (Å²) >= 11 is 0. The summed E-state index contributed by atoms with van der Waals surface area (Å²) in [6.45, 7) is 10.1. The molecule has 2 atom stereocenters. The van der Waals surface area contributed by atoms with Crippen LogP contribution in [0, 0.1) is 5.82 Å². The SMILES string of the molecule is CC[C@@H](N[C@H](C)CN1CCN(C)CC1)c1ccc(F)cc1. The van der Waals surface area contributed by atoms with Crippen molar-refractivity contribution in [1.29, 1.82) is 0 Å². The van der Waals surface area contributed by atoms with Crippen LogP contribution in [0.3, 0.4) is 0 Å². The third-order valence-electron chi connectivity index (χ3n) is 4.29. The number of piperazine rings is 1. The zero-order valence-electron chi connectivity index (χ0n) is 13.5. The van der Waals surface area contributed by atoms with Crippen molar-refractivity contribution in [3.63, 3.8) is 0 Å². The molecule has 2 rings (SSSR count). The number of halogens is 1. The molecule has 1 fully saturated rings. The van der Waals surface area contributed by atoms with Crippen LogP contribution in [0.4, 0.5) is 4.39 Å². The van der Waals surface area contributed by atoms with E-state index >= 15 is 0 Å². The Kier molecular flexibility index (Phi) is 6.15. The summed E-state index contributed by atoms with van der Waals surface area (Å²) in [7, 11) is 2.18. The third-order valence-corrected chi connectivity index (χ3v) is 4.29. The van der Waals surface area contributed by atoms with E-state index in [1.54, 1.807) is 12.1 Å². The fourth-order valence-electron chi connectivity index (χ4n) is 2.96. The van der Waals surface area contributed by atoms with Crippen molar-refractivity contribution in [2.75, 3.05) is 39.8 Å². The predicted molar refractivity (Wildman–Crippen MR) is 86.0 cm³/mol. The monoisotopic (exact) mass is 293 g/mol. The van der Waals surface area contributed by atoms with Gasteiger partial charge in [0.15, 0.2) is 0 Å². The van der Waals surface area contributed by atoms with Crippen molar-refractivity contribution < 1.29 is 4.39 Å². The number of rotatable bonds is 6. The first-order valence-corrected chi connectivity index (χ1v) is 8.01. The van der Waals surface area contributed by atoms with Crippen LogP contribution < -0.4 is 5.32 Å². The Hall–Kier alpha value is -0.970. The average Bonchev–Trinajstić information content (AvgIpc) is 2.48.